The van der Waals surface area contributed by atoms with Gasteiger partial charge in [0, 0.05) is 5.56 Å². The minimum atomic E-state index is -2.50. The average molecular weight is 216 g/mol. The summed E-state index contributed by atoms with van der Waals surface area (Å²) >= 11 is 0. The molecule has 4 heteroatoms. The zero-order chi connectivity index (χ0) is 11.3. The van der Waals surface area contributed by atoms with E-state index in [0.717, 1.165) is 0 Å². The lowest BCUT2D eigenvalue weighted by Crippen LogP contribution is -2.09. The Hall–Kier alpha value is -1.16. The van der Waals surface area contributed by atoms with Crippen LogP contribution in [0.25, 0.3) is 0 Å². The third-order valence-corrected chi connectivity index (χ3v) is 2.03. The second-order valence-electron chi connectivity index (χ2n) is 3.16. The van der Waals surface area contributed by atoms with Crippen LogP contribution in [0.3, 0.4) is 0 Å². The average Bonchev–Trinajstić information content (AvgIpc) is 2.25. The molecule has 0 fully saturated rings. The number of hydrogen-bond donors (Lipinski definition) is 1. The van der Waals surface area contributed by atoms with Gasteiger partial charge in [0.05, 0.1) is 6.10 Å². The molecule has 1 rings (SSSR count). The van der Waals surface area contributed by atoms with E-state index in [2.05, 4.69) is 0 Å². The first-order chi connectivity index (χ1) is 7.15. The molecular weight excluding hydrogens is 202 g/mol. The van der Waals surface area contributed by atoms with Gasteiger partial charge >= 0.3 is 0 Å². The summed E-state index contributed by atoms with van der Waals surface area (Å²) in [6, 6.07) is 6.68. The van der Waals surface area contributed by atoms with E-state index in [4.69, 9.17) is 4.74 Å². The Labute approximate surface area is 87.5 Å². The van der Waals surface area contributed by atoms with Crippen LogP contribution in [0.5, 0.6) is 5.75 Å². The summed E-state index contributed by atoms with van der Waals surface area (Å²) in [5.74, 6) is 0.326. The lowest BCUT2D eigenvalue weighted by atomic mass is 10.1. The Morgan fingerprint density at radius 3 is 2.60 bits per heavy atom. The fourth-order valence-corrected chi connectivity index (χ4v) is 1.26. The maximum Gasteiger partial charge on any atom is 0.272 e. The van der Waals surface area contributed by atoms with Crippen molar-refractivity contribution in [2.75, 3.05) is 6.61 Å². The third-order valence-electron chi connectivity index (χ3n) is 2.03. The van der Waals surface area contributed by atoms with Crippen LogP contribution < -0.4 is 4.74 Å². The molecule has 0 radical (unpaired) electrons. The van der Waals surface area contributed by atoms with E-state index in [0.29, 0.717) is 17.7 Å². The normalized spacial score (nSPS) is 12.9. The van der Waals surface area contributed by atoms with E-state index >= 15 is 0 Å². The molecule has 15 heavy (non-hydrogen) atoms. The van der Waals surface area contributed by atoms with Crippen molar-refractivity contribution < 1.29 is 18.6 Å². The van der Waals surface area contributed by atoms with E-state index in [1.165, 1.54) is 0 Å². The highest BCUT2D eigenvalue weighted by Gasteiger charge is 2.12. The quantitative estimate of drug-likeness (QED) is 0.820. The maximum absolute atomic E-state index is 11.9. The number of ether oxygens (including phenoxy) is 1. The van der Waals surface area contributed by atoms with Crippen LogP contribution in [-0.4, -0.2) is 18.1 Å². The molecular formula is C11H14F2O2. The molecule has 1 aromatic rings. The van der Waals surface area contributed by atoms with Crippen LogP contribution in [0, 0.1) is 0 Å². The molecule has 0 heterocycles. The van der Waals surface area contributed by atoms with E-state index < -0.39 is 19.1 Å². The van der Waals surface area contributed by atoms with Crippen molar-refractivity contribution in [3.8, 4) is 5.75 Å². The van der Waals surface area contributed by atoms with Crippen LogP contribution in [0.15, 0.2) is 24.3 Å². The number of para-hydroxylation sites is 1. The van der Waals surface area contributed by atoms with Gasteiger partial charge in [0.25, 0.3) is 6.43 Å². The van der Waals surface area contributed by atoms with Crippen molar-refractivity contribution in [1.29, 1.82) is 0 Å². The van der Waals surface area contributed by atoms with Gasteiger partial charge in [-0.1, -0.05) is 25.1 Å². The summed E-state index contributed by atoms with van der Waals surface area (Å²) < 4.78 is 28.8. The standard InChI is InChI=1S/C11H14F2O2/c1-2-9(14)8-5-3-4-6-10(8)15-7-11(12)13/h3-6,9,11,14H,2,7H2,1H3. The molecule has 0 amide bonds. The molecule has 2 nitrogen and oxygen atoms in total. The summed E-state index contributed by atoms with van der Waals surface area (Å²) in [4.78, 5) is 0. The second kappa shape index (κ2) is 5.66. The Kier molecular flexibility index (Phi) is 4.49. The Bertz CT molecular complexity index is 302. The molecule has 1 N–H and O–H groups in total. The van der Waals surface area contributed by atoms with Crippen molar-refractivity contribution in [1.82, 2.24) is 0 Å². The molecule has 84 valence electrons. The van der Waals surface area contributed by atoms with Crippen LogP contribution in [0.1, 0.15) is 25.0 Å². The topological polar surface area (TPSA) is 29.5 Å². The summed E-state index contributed by atoms with van der Waals surface area (Å²) in [6.07, 6.45) is -2.65. The van der Waals surface area contributed by atoms with Crippen LogP contribution in [-0.2, 0) is 0 Å². The molecule has 0 aliphatic carbocycles. The van der Waals surface area contributed by atoms with Crippen molar-refractivity contribution in [2.45, 2.75) is 25.9 Å². The van der Waals surface area contributed by atoms with Gasteiger partial charge < -0.3 is 9.84 Å². The molecule has 1 unspecified atom stereocenters. The van der Waals surface area contributed by atoms with Gasteiger partial charge in [-0.15, -0.1) is 0 Å². The van der Waals surface area contributed by atoms with Crippen LogP contribution >= 0.6 is 0 Å². The van der Waals surface area contributed by atoms with Crippen LogP contribution in [0.2, 0.25) is 0 Å². The summed E-state index contributed by atoms with van der Waals surface area (Å²) in [5.41, 5.74) is 0.556. The number of halogens is 2. The lowest BCUT2D eigenvalue weighted by molar-refractivity contribution is 0.0788. The maximum atomic E-state index is 11.9. The van der Waals surface area contributed by atoms with Gasteiger partial charge in [0.2, 0.25) is 0 Å². The summed E-state index contributed by atoms with van der Waals surface area (Å²) in [7, 11) is 0. The molecule has 0 aliphatic rings. The van der Waals surface area contributed by atoms with Gasteiger partial charge in [0.1, 0.15) is 12.4 Å². The van der Waals surface area contributed by atoms with E-state index in [1.807, 2.05) is 6.92 Å². The van der Waals surface area contributed by atoms with Crippen molar-refractivity contribution in [3.63, 3.8) is 0 Å². The molecule has 0 saturated heterocycles. The number of rotatable bonds is 5. The molecule has 0 spiro atoms. The minimum Gasteiger partial charge on any atom is -0.487 e. The van der Waals surface area contributed by atoms with Gasteiger partial charge in [-0.05, 0) is 12.5 Å². The highest BCUT2D eigenvalue weighted by molar-refractivity contribution is 5.34. The van der Waals surface area contributed by atoms with Crippen LogP contribution in [0.4, 0.5) is 8.78 Å². The van der Waals surface area contributed by atoms with E-state index in [-0.39, 0.29) is 0 Å². The first-order valence-corrected chi connectivity index (χ1v) is 4.83. The molecule has 0 aliphatic heterocycles. The van der Waals surface area contributed by atoms with Crippen molar-refractivity contribution in [2.24, 2.45) is 0 Å². The monoisotopic (exact) mass is 216 g/mol. The lowest BCUT2D eigenvalue weighted by Gasteiger charge is -2.14. The molecule has 1 atom stereocenters. The number of aliphatic hydroxyl groups is 1. The largest absolute Gasteiger partial charge is 0.487 e. The fraction of sp³-hybridized carbons (Fsp3) is 0.455. The summed E-state index contributed by atoms with van der Waals surface area (Å²) in [6.45, 7) is 1.17. The SMILES string of the molecule is CCC(O)c1ccccc1OCC(F)F. The first-order valence-electron chi connectivity index (χ1n) is 4.83. The molecule has 0 saturated carbocycles. The third kappa shape index (κ3) is 3.47. The number of aliphatic hydroxyl groups excluding tert-OH is 1. The predicted octanol–water partition coefficient (Wildman–Crippen LogP) is 2.77. The molecule has 0 aromatic heterocycles. The predicted molar refractivity (Wildman–Crippen MR) is 53.2 cm³/mol. The fourth-order valence-electron chi connectivity index (χ4n) is 1.26. The first kappa shape index (κ1) is 11.9. The van der Waals surface area contributed by atoms with Crippen molar-refractivity contribution in [3.05, 3.63) is 29.8 Å². The van der Waals surface area contributed by atoms with E-state index in [1.54, 1.807) is 24.3 Å². The van der Waals surface area contributed by atoms with Crippen molar-refractivity contribution >= 4 is 0 Å². The zero-order valence-electron chi connectivity index (χ0n) is 8.49. The van der Waals surface area contributed by atoms with Gasteiger partial charge in [-0.3, -0.25) is 0 Å². The van der Waals surface area contributed by atoms with Gasteiger partial charge in [-0.2, -0.15) is 0 Å². The Morgan fingerprint density at radius 1 is 1.33 bits per heavy atom. The number of alkyl halides is 2. The van der Waals surface area contributed by atoms with Gasteiger partial charge in [0.15, 0.2) is 0 Å². The second-order valence-corrected chi connectivity index (χ2v) is 3.16. The molecule has 1 aromatic carbocycles. The summed E-state index contributed by atoms with van der Waals surface area (Å²) in [5, 5.41) is 9.61. The Morgan fingerprint density at radius 2 is 2.00 bits per heavy atom. The highest BCUT2D eigenvalue weighted by Crippen LogP contribution is 2.26. The van der Waals surface area contributed by atoms with E-state index in [9.17, 15) is 13.9 Å². The molecule has 0 bridgehead atoms. The highest BCUT2D eigenvalue weighted by atomic mass is 19.3. The zero-order valence-corrected chi connectivity index (χ0v) is 8.49. The number of hydrogen-bond acceptors (Lipinski definition) is 2. The smallest absolute Gasteiger partial charge is 0.272 e. The Balaban J connectivity index is 2.77. The van der Waals surface area contributed by atoms with Gasteiger partial charge in [-0.25, -0.2) is 8.78 Å². The minimum absolute atomic E-state index is 0.326. The number of benzene rings is 1.